The largest absolute Gasteiger partial charge is 0.333 e. The van der Waals surface area contributed by atoms with Crippen molar-refractivity contribution in [3.8, 4) is 0 Å². The van der Waals surface area contributed by atoms with Crippen molar-refractivity contribution in [2.45, 2.75) is 38.1 Å². The molecular weight excluding hydrogens is 264 g/mol. The molecule has 1 heterocycles. The van der Waals surface area contributed by atoms with E-state index in [1.807, 2.05) is 36.7 Å². The maximum Gasteiger partial charge on any atom is 0.243 e. The van der Waals surface area contributed by atoms with Gasteiger partial charge in [0.15, 0.2) is 0 Å². The Morgan fingerprint density at radius 3 is 2.81 bits per heavy atom. The first-order valence-electron chi connectivity index (χ1n) is 7.38. The molecule has 5 nitrogen and oxygen atoms in total. The summed E-state index contributed by atoms with van der Waals surface area (Å²) in [5, 5.41) is 0. The quantitative estimate of drug-likeness (QED) is 0.508. The molecule has 0 radical (unpaired) electrons. The third kappa shape index (κ3) is 2.83. The van der Waals surface area contributed by atoms with Crippen molar-refractivity contribution < 1.29 is 4.79 Å². The Labute approximate surface area is 124 Å². The minimum atomic E-state index is -0.295. The SMILES string of the molecule is NNC(=O)C(Cn1cnc2c1CCCC2)c1ccccc1. The molecule has 1 aromatic heterocycles. The smallest absolute Gasteiger partial charge is 0.243 e. The molecule has 0 saturated carbocycles. The van der Waals surface area contributed by atoms with E-state index >= 15 is 0 Å². The zero-order chi connectivity index (χ0) is 14.7. The van der Waals surface area contributed by atoms with Crippen molar-refractivity contribution in [2.75, 3.05) is 0 Å². The van der Waals surface area contributed by atoms with Crippen LogP contribution in [0.25, 0.3) is 0 Å². The van der Waals surface area contributed by atoms with Gasteiger partial charge in [-0.15, -0.1) is 0 Å². The molecule has 5 heteroatoms. The molecule has 21 heavy (non-hydrogen) atoms. The zero-order valence-electron chi connectivity index (χ0n) is 12.0. The first-order valence-corrected chi connectivity index (χ1v) is 7.38. The third-order valence-electron chi connectivity index (χ3n) is 4.15. The predicted molar refractivity (Wildman–Crippen MR) is 80.4 cm³/mol. The summed E-state index contributed by atoms with van der Waals surface area (Å²) in [5.41, 5.74) is 5.71. The molecule has 1 unspecified atom stereocenters. The topological polar surface area (TPSA) is 72.9 Å². The lowest BCUT2D eigenvalue weighted by atomic mass is 9.97. The lowest BCUT2D eigenvalue weighted by Gasteiger charge is -2.19. The molecule has 2 aromatic rings. The number of aromatic nitrogens is 2. The number of aryl methyl sites for hydroxylation is 1. The maximum atomic E-state index is 12.1. The Hall–Kier alpha value is -2.14. The molecule has 0 spiro atoms. The number of benzene rings is 1. The number of carbonyl (C=O) groups is 1. The van der Waals surface area contributed by atoms with E-state index in [1.54, 1.807) is 0 Å². The number of imidazole rings is 1. The summed E-state index contributed by atoms with van der Waals surface area (Å²) >= 11 is 0. The summed E-state index contributed by atoms with van der Waals surface area (Å²) in [4.78, 5) is 16.6. The second kappa shape index (κ2) is 6.10. The number of hydrazine groups is 1. The van der Waals surface area contributed by atoms with Gasteiger partial charge in [0.2, 0.25) is 5.91 Å². The van der Waals surface area contributed by atoms with Crippen LogP contribution in [0.4, 0.5) is 0 Å². The highest BCUT2D eigenvalue weighted by molar-refractivity contribution is 5.83. The fourth-order valence-electron chi connectivity index (χ4n) is 3.01. The molecule has 1 atom stereocenters. The first-order chi connectivity index (χ1) is 10.3. The van der Waals surface area contributed by atoms with Gasteiger partial charge in [-0.2, -0.15) is 0 Å². The monoisotopic (exact) mass is 284 g/mol. The number of rotatable bonds is 4. The molecular formula is C16H20N4O. The van der Waals surface area contributed by atoms with E-state index in [9.17, 15) is 4.79 Å². The summed E-state index contributed by atoms with van der Waals surface area (Å²) in [6.07, 6.45) is 6.34. The molecule has 1 amide bonds. The Balaban J connectivity index is 1.88. The van der Waals surface area contributed by atoms with Crippen molar-refractivity contribution in [3.63, 3.8) is 0 Å². The number of amides is 1. The molecule has 0 fully saturated rings. The van der Waals surface area contributed by atoms with E-state index in [-0.39, 0.29) is 11.8 Å². The molecule has 3 rings (SSSR count). The van der Waals surface area contributed by atoms with Crippen LogP contribution >= 0.6 is 0 Å². The zero-order valence-corrected chi connectivity index (χ0v) is 12.0. The molecule has 1 aliphatic carbocycles. The van der Waals surface area contributed by atoms with Crippen LogP contribution in [0.2, 0.25) is 0 Å². The van der Waals surface area contributed by atoms with E-state index in [0.717, 1.165) is 18.4 Å². The standard InChI is InChI=1S/C16H20N4O/c17-19-16(21)13(12-6-2-1-3-7-12)10-20-11-18-14-8-4-5-9-15(14)20/h1-3,6-7,11,13H,4-5,8-10,17H2,(H,19,21). The van der Waals surface area contributed by atoms with Gasteiger partial charge in [-0.25, -0.2) is 10.8 Å². The molecule has 0 bridgehead atoms. The van der Waals surface area contributed by atoms with Crippen LogP contribution in [0.15, 0.2) is 36.7 Å². The molecule has 1 aromatic carbocycles. The van der Waals surface area contributed by atoms with E-state index in [2.05, 4.69) is 15.0 Å². The highest BCUT2D eigenvalue weighted by Gasteiger charge is 2.23. The Bertz CT molecular complexity index is 620. The average Bonchev–Trinajstić information content (AvgIpc) is 2.96. The molecule has 0 aliphatic heterocycles. The van der Waals surface area contributed by atoms with Crippen molar-refractivity contribution in [2.24, 2.45) is 5.84 Å². The van der Waals surface area contributed by atoms with Gasteiger partial charge in [0.05, 0.1) is 17.9 Å². The third-order valence-corrected chi connectivity index (χ3v) is 4.15. The van der Waals surface area contributed by atoms with Crippen molar-refractivity contribution in [1.29, 1.82) is 0 Å². The number of carbonyl (C=O) groups excluding carboxylic acids is 1. The van der Waals surface area contributed by atoms with Crippen LogP contribution in [-0.4, -0.2) is 15.5 Å². The van der Waals surface area contributed by atoms with Gasteiger partial charge in [0, 0.05) is 12.2 Å². The first kappa shape index (κ1) is 13.8. The Morgan fingerprint density at radius 1 is 1.29 bits per heavy atom. The summed E-state index contributed by atoms with van der Waals surface area (Å²) < 4.78 is 2.11. The van der Waals surface area contributed by atoms with Crippen LogP contribution in [0.3, 0.4) is 0 Å². The fourth-order valence-corrected chi connectivity index (χ4v) is 3.01. The number of fused-ring (bicyclic) bond motifs is 1. The minimum Gasteiger partial charge on any atom is -0.333 e. The second-order valence-corrected chi connectivity index (χ2v) is 5.47. The normalized spacial score (nSPS) is 15.3. The highest BCUT2D eigenvalue weighted by atomic mass is 16.2. The number of hydrogen-bond donors (Lipinski definition) is 2. The molecule has 3 N–H and O–H groups in total. The van der Waals surface area contributed by atoms with Crippen LogP contribution in [0.5, 0.6) is 0 Å². The Kier molecular flexibility index (Phi) is 4.01. The molecule has 1 aliphatic rings. The maximum absolute atomic E-state index is 12.1. The summed E-state index contributed by atoms with van der Waals surface area (Å²) in [6.45, 7) is 0.579. The van der Waals surface area contributed by atoms with Gasteiger partial charge in [-0.3, -0.25) is 10.2 Å². The Morgan fingerprint density at radius 2 is 2.05 bits per heavy atom. The van der Waals surface area contributed by atoms with Crippen LogP contribution in [0, 0.1) is 0 Å². The van der Waals surface area contributed by atoms with E-state index in [0.29, 0.717) is 6.54 Å². The fraction of sp³-hybridized carbons (Fsp3) is 0.375. The van der Waals surface area contributed by atoms with Crippen molar-refractivity contribution in [3.05, 3.63) is 53.6 Å². The van der Waals surface area contributed by atoms with Crippen LogP contribution < -0.4 is 11.3 Å². The number of nitrogens with zero attached hydrogens (tertiary/aromatic N) is 2. The van der Waals surface area contributed by atoms with Gasteiger partial charge in [0.1, 0.15) is 0 Å². The van der Waals surface area contributed by atoms with Gasteiger partial charge < -0.3 is 4.57 Å². The van der Waals surface area contributed by atoms with Crippen molar-refractivity contribution >= 4 is 5.91 Å². The average molecular weight is 284 g/mol. The molecule has 0 saturated heterocycles. The lowest BCUT2D eigenvalue weighted by Crippen LogP contribution is -2.36. The van der Waals surface area contributed by atoms with Gasteiger partial charge in [0.25, 0.3) is 0 Å². The molecule has 110 valence electrons. The van der Waals surface area contributed by atoms with E-state index in [1.165, 1.54) is 24.2 Å². The summed E-state index contributed by atoms with van der Waals surface area (Å²) in [5.74, 6) is 4.89. The van der Waals surface area contributed by atoms with E-state index in [4.69, 9.17) is 5.84 Å². The van der Waals surface area contributed by atoms with Crippen LogP contribution in [-0.2, 0) is 24.2 Å². The summed E-state index contributed by atoms with van der Waals surface area (Å²) in [7, 11) is 0. The van der Waals surface area contributed by atoms with Gasteiger partial charge >= 0.3 is 0 Å². The predicted octanol–water partition coefficient (Wildman–Crippen LogP) is 1.54. The van der Waals surface area contributed by atoms with Gasteiger partial charge in [-0.1, -0.05) is 30.3 Å². The lowest BCUT2D eigenvalue weighted by molar-refractivity contribution is -0.122. The number of hydrogen-bond acceptors (Lipinski definition) is 3. The number of nitrogens with one attached hydrogen (secondary N) is 1. The van der Waals surface area contributed by atoms with Crippen molar-refractivity contribution in [1.82, 2.24) is 15.0 Å². The second-order valence-electron chi connectivity index (χ2n) is 5.47. The highest BCUT2D eigenvalue weighted by Crippen LogP contribution is 2.24. The van der Waals surface area contributed by atoms with E-state index < -0.39 is 0 Å². The van der Waals surface area contributed by atoms with Gasteiger partial charge in [-0.05, 0) is 31.2 Å². The minimum absolute atomic E-state index is 0.167. The van der Waals surface area contributed by atoms with Crippen LogP contribution in [0.1, 0.15) is 35.7 Å². The number of nitrogens with two attached hydrogens (primary N) is 1. The summed E-state index contributed by atoms with van der Waals surface area (Å²) in [6, 6.07) is 9.75.